The van der Waals surface area contributed by atoms with Crippen LogP contribution in [0.2, 0.25) is 0 Å². The van der Waals surface area contributed by atoms with E-state index in [2.05, 4.69) is 11.4 Å². The SMILES string of the molecule is COc1cc(CNCC(C2CC2)C2CC2)ccc1C#N. The van der Waals surface area contributed by atoms with E-state index in [1.165, 1.54) is 31.2 Å². The summed E-state index contributed by atoms with van der Waals surface area (Å²) in [6.45, 7) is 2.00. The van der Waals surface area contributed by atoms with Crippen molar-refractivity contribution in [3.8, 4) is 11.8 Å². The monoisotopic (exact) mass is 270 g/mol. The van der Waals surface area contributed by atoms with Gasteiger partial charge in [-0.3, -0.25) is 0 Å². The van der Waals surface area contributed by atoms with Crippen LogP contribution in [-0.2, 0) is 6.54 Å². The van der Waals surface area contributed by atoms with Gasteiger partial charge in [0, 0.05) is 6.54 Å². The van der Waals surface area contributed by atoms with E-state index in [1.807, 2.05) is 18.2 Å². The first-order valence-corrected chi connectivity index (χ1v) is 7.59. The number of nitriles is 1. The molecule has 106 valence electrons. The van der Waals surface area contributed by atoms with Gasteiger partial charge in [-0.2, -0.15) is 5.26 Å². The maximum absolute atomic E-state index is 8.98. The van der Waals surface area contributed by atoms with Gasteiger partial charge in [0.2, 0.25) is 0 Å². The van der Waals surface area contributed by atoms with Crippen LogP contribution in [-0.4, -0.2) is 13.7 Å². The average Bonchev–Trinajstić information content (AvgIpc) is 3.36. The summed E-state index contributed by atoms with van der Waals surface area (Å²) in [7, 11) is 1.61. The number of nitrogens with zero attached hydrogens (tertiary/aromatic N) is 1. The van der Waals surface area contributed by atoms with Gasteiger partial charge in [-0.15, -0.1) is 0 Å². The molecule has 1 aromatic rings. The molecule has 0 aliphatic heterocycles. The minimum absolute atomic E-state index is 0.602. The second-order valence-corrected chi connectivity index (χ2v) is 6.12. The average molecular weight is 270 g/mol. The second-order valence-electron chi connectivity index (χ2n) is 6.12. The Labute approximate surface area is 120 Å². The molecule has 20 heavy (non-hydrogen) atoms. The van der Waals surface area contributed by atoms with E-state index in [1.54, 1.807) is 7.11 Å². The summed E-state index contributed by atoms with van der Waals surface area (Å²) in [5.74, 6) is 3.55. The van der Waals surface area contributed by atoms with Gasteiger partial charge in [-0.25, -0.2) is 0 Å². The minimum atomic E-state index is 0.602. The van der Waals surface area contributed by atoms with Crippen LogP contribution in [0.1, 0.15) is 36.8 Å². The fourth-order valence-corrected chi connectivity index (χ4v) is 3.09. The van der Waals surface area contributed by atoms with E-state index in [-0.39, 0.29) is 0 Å². The Kier molecular flexibility index (Phi) is 3.93. The Balaban J connectivity index is 1.54. The fraction of sp³-hybridized carbons (Fsp3) is 0.588. The van der Waals surface area contributed by atoms with Crippen LogP contribution in [0.5, 0.6) is 5.75 Å². The number of nitrogens with one attached hydrogen (secondary N) is 1. The molecular weight excluding hydrogens is 248 g/mol. The maximum Gasteiger partial charge on any atom is 0.136 e. The Morgan fingerprint density at radius 3 is 2.55 bits per heavy atom. The first kappa shape index (κ1) is 13.5. The van der Waals surface area contributed by atoms with E-state index in [4.69, 9.17) is 10.00 Å². The van der Waals surface area contributed by atoms with E-state index in [0.717, 1.165) is 30.8 Å². The van der Waals surface area contributed by atoms with Crippen molar-refractivity contribution in [2.45, 2.75) is 32.2 Å². The number of methoxy groups -OCH3 is 1. The molecule has 0 bridgehead atoms. The zero-order chi connectivity index (χ0) is 13.9. The van der Waals surface area contributed by atoms with E-state index in [0.29, 0.717) is 11.3 Å². The van der Waals surface area contributed by atoms with Crippen LogP contribution in [0, 0.1) is 29.1 Å². The molecule has 3 rings (SSSR count). The topological polar surface area (TPSA) is 45.0 Å². The van der Waals surface area contributed by atoms with Gasteiger partial charge >= 0.3 is 0 Å². The fourth-order valence-electron chi connectivity index (χ4n) is 3.09. The highest BCUT2D eigenvalue weighted by atomic mass is 16.5. The van der Waals surface area contributed by atoms with Crippen molar-refractivity contribution in [3.05, 3.63) is 29.3 Å². The highest BCUT2D eigenvalue weighted by Gasteiger charge is 2.40. The van der Waals surface area contributed by atoms with Crippen molar-refractivity contribution in [3.63, 3.8) is 0 Å². The molecule has 0 aromatic heterocycles. The number of benzene rings is 1. The van der Waals surface area contributed by atoms with Crippen molar-refractivity contribution < 1.29 is 4.74 Å². The lowest BCUT2D eigenvalue weighted by Gasteiger charge is -2.16. The molecule has 0 spiro atoms. The zero-order valence-electron chi connectivity index (χ0n) is 12.1. The lowest BCUT2D eigenvalue weighted by atomic mass is 9.98. The highest BCUT2D eigenvalue weighted by Crippen LogP contribution is 2.48. The summed E-state index contributed by atoms with van der Waals surface area (Å²) >= 11 is 0. The lowest BCUT2D eigenvalue weighted by Crippen LogP contribution is -2.25. The van der Waals surface area contributed by atoms with E-state index < -0.39 is 0 Å². The van der Waals surface area contributed by atoms with Crippen LogP contribution < -0.4 is 10.1 Å². The third-order valence-corrected chi connectivity index (χ3v) is 4.55. The van der Waals surface area contributed by atoms with E-state index >= 15 is 0 Å². The van der Waals surface area contributed by atoms with Gasteiger partial charge in [0.1, 0.15) is 11.8 Å². The molecule has 2 fully saturated rings. The number of rotatable bonds is 7. The Morgan fingerprint density at radius 2 is 2.00 bits per heavy atom. The van der Waals surface area contributed by atoms with Gasteiger partial charge in [0.05, 0.1) is 12.7 Å². The zero-order valence-corrected chi connectivity index (χ0v) is 12.1. The van der Waals surface area contributed by atoms with Crippen molar-refractivity contribution >= 4 is 0 Å². The molecule has 0 atom stereocenters. The molecule has 2 aliphatic rings. The molecule has 2 saturated carbocycles. The van der Waals surface area contributed by atoms with Crippen molar-refractivity contribution in [2.24, 2.45) is 17.8 Å². The number of ether oxygens (including phenoxy) is 1. The van der Waals surface area contributed by atoms with E-state index in [9.17, 15) is 0 Å². The highest BCUT2D eigenvalue weighted by molar-refractivity contribution is 5.45. The Hall–Kier alpha value is -1.53. The standard InChI is InChI=1S/C17H22N2O/c1-20-17-8-12(2-3-15(17)9-18)10-19-11-16(13-4-5-13)14-6-7-14/h2-3,8,13-14,16,19H,4-7,10-11H2,1H3. The van der Waals surface area contributed by atoms with Gasteiger partial charge in [-0.1, -0.05) is 6.07 Å². The predicted octanol–water partition coefficient (Wildman–Crippen LogP) is 3.09. The van der Waals surface area contributed by atoms with Crippen LogP contribution in [0.15, 0.2) is 18.2 Å². The second kappa shape index (κ2) is 5.85. The molecule has 0 unspecified atom stereocenters. The first-order chi connectivity index (χ1) is 9.81. The summed E-state index contributed by atoms with van der Waals surface area (Å²) in [6.07, 6.45) is 5.75. The summed E-state index contributed by atoms with van der Waals surface area (Å²) in [4.78, 5) is 0. The largest absolute Gasteiger partial charge is 0.495 e. The number of hydrogen-bond donors (Lipinski definition) is 1. The van der Waals surface area contributed by atoms with Gasteiger partial charge in [-0.05, 0) is 67.7 Å². The molecular formula is C17H22N2O. The molecule has 1 N–H and O–H groups in total. The summed E-state index contributed by atoms with van der Waals surface area (Å²) in [5, 5.41) is 12.6. The van der Waals surface area contributed by atoms with Crippen LogP contribution in [0.3, 0.4) is 0 Å². The Morgan fingerprint density at radius 1 is 1.30 bits per heavy atom. The quantitative estimate of drug-likeness (QED) is 0.828. The molecule has 0 heterocycles. The summed E-state index contributed by atoms with van der Waals surface area (Å²) < 4.78 is 5.25. The van der Waals surface area contributed by atoms with Crippen LogP contribution >= 0.6 is 0 Å². The molecule has 0 saturated heterocycles. The third kappa shape index (κ3) is 3.13. The van der Waals surface area contributed by atoms with Crippen LogP contribution in [0.4, 0.5) is 0 Å². The summed E-state index contributed by atoms with van der Waals surface area (Å²) in [6, 6.07) is 7.97. The lowest BCUT2D eigenvalue weighted by molar-refractivity contribution is 0.378. The normalized spacial score (nSPS) is 18.1. The third-order valence-electron chi connectivity index (χ3n) is 4.55. The molecule has 0 radical (unpaired) electrons. The smallest absolute Gasteiger partial charge is 0.136 e. The first-order valence-electron chi connectivity index (χ1n) is 7.59. The van der Waals surface area contributed by atoms with Gasteiger partial charge in [0.15, 0.2) is 0 Å². The molecule has 1 aromatic carbocycles. The maximum atomic E-state index is 8.98. The molecule has 3 nitrogen and oxygen atoms in total. The van der Waals surface area contributed by atoms with Gasteiger partial charge < -0.3 is 10.1 Å². The molecule has 2 aliphatic carbocycles. The Bertz CT molecular complexity index is 500. The van der Waals surface area contributed by atoms with Crippen LogP contribution in [0.25, 0.3) is 0 Å². The molecule has 3 heteroatoms. The van der Waals surface area contributed by atoms with Crippen molar-refractivity contribution in [1.82, 2.24) is 5.32 Å². The van der Waals surface area contributed by atoms with Gasteiger partial charge in [0.25, 0.3) is 0 Å². The number of hydrogen-bond acceptors (Lipinski definition) is 3. The summed E-state index contributed by atoms with van der Waals surface area (Å²) in [5.41, 5.74) is 1.79. The predicted molar refractivity (Wildman–Crippen MR) is 78.4 cm³/mol. The minimum Gasteiger partial charge on any atom is -0.495 e. The molecule has 0 amide bonds. The van der Waals surface area contributed by atoms with Crippen molar-refractivity contribution in [1.29, 1.82) is 5.26 Å². The van der Waals surface area contributed by atoms with Crippen molar-refractivity contribution in [2.75, 3.05) is 13.7 Å².